The highest BCUT2D eigenvalue weighted by Gasteiger charge is 2.38. The molecule has 0 radical (unpaired) electrons. The summed E-state index contributed by atoms with van der Waals surface area (Å²) in [7, 11) is 0. The summed E-state index contributed by atoms with van der Waals surface area (Å²) >= 11 is 0. The molecule has 0 aliphatic carbocycles. The van der Waals surface area contributed by atoms with E-state index in [-0.39, 0.29) is 22.8 Å². The van der Waals surface area contributed by atoms with Crippen LogP contribution in [0, 0.1) is 38.5 Å². The maximum atomic E-state index is 10.9. The molecule has 0 saturated heterocycles. The lowest BCUT2D eigenvalue weighted by molar-refractivity contribution is -0.433. The van der Waals surface area contributed by atoms with Crippen LogP contribution in [0.1, 0.15) is 11.5 Å². The number of nitrogens with zero attached hydrogens (tertiary/aromatic N) is 6. The fraction of sp³-hybridized carbons (Fsp3) is 0.111. The van der Waals surface area contributed by atoms with Crippen LogP contribution in [0.15, 0.2) is 10.7 Å². The zero-order valence-corrected chi connectivity index (χ0v) is 9.80. The van der Waals surface area contributed by atoms with Crippen LogP contribution < -0.4 is 0 Å². The summed E-state index contributed by atoms with van der Waals surface area (Å²) in [5.41, 5.74) is -0.953. The Morgan fingerprint density at radius 2 is 2.05 bits per heavy atom. The molecule has 0 N–H and O–H groups in total. The lowest BCUT2D eigenvalue weighted by atomic mass is 10.1. The second kappa shape index (κ2) is 4.69. The van der Waals surface area contributed by atoms with Crippen LogP contribution in [-0.2, 0) is 0 Å². The van der Waals surface area contributed by atoms with Gasteiger partial charge >= 0.3 is 11.6 Å². The van der Waals surface area contributed by atoms with E-state index in [2.05, 4.69) is 19.6 Å². The molecule has 0 unspecified atom stereocenters. The van der Waals surface area contributed by atoms with Gasteiger partial charge in [0.2, 0.25) is 11.5 Å². The van der Waals surface area contributed by atoms with Crippen LogP contribution in [0.3, 0.4) is 0 Å². The molecule has 0 spiro atoms. The van der Waals surface area contributed by atoms with E-state index in [0.29, 0.717) is 0 Å². The number of aromatic nitrogens is 3. The topological polar surface area (TPSA) is 162 Å². The van der Waals surface area contributed by atoms with Crippen molar-refractivity contribution in [3.8, 4) is 17.3 Å². The summed E-state index contributed by atoms with van der Waals surface area (Å²) in [5.74, 6) is -1.21. The lowest BCUT2D eigenvalue weighted by Crippen LogP contribution is -1.98. The van der Waals surface area contributed by atoms with Crippen molar-refractivity contribution in [1.29, 1.82) is 5.26 Å². The molecule has 0 bridgehead atoms. The Morgan fingerprint density at radius 3 is 2.55 bits per heavy atom. The van der Waals surface area contributed by atoms with E-state index in [0.717, 1.165) is 6.20 Å². The maximum absolute atomic E-state index is 10.9. The Hall–Kier alpha value is -3.42. The molecule has 2 aromatic heterocycles. The molecule has 2 rings (SSSR count). The Labute approximate surface area is 109 Å². The quantitative estimate of drug-likeness (QED) is 0.590. The Morgan fingerprint density at radius 1 is 1.35 bits per heavy atom. The zero-order valence-electron chi connectivity index (χ0n) is 9.80. The van der Waals surface area contributed by atoms with Crippen molar-refractivity contribution in [2.75, 3.05) is 0 Å². The smallest absolute Gasteiger partial charge is 0.283 e. The summed E-state index contributed by atoms with van der Waals surface area (Å²) in [4.78, 5) is 27.0. The van der Waals surface area contributed by atoms with Gasteiger partial charge in [0.1, 0.15) is 11.0 Å². The van der Waals surface area contributed by atoms with Crippen molar-refractivity contribution in [2.24, 2.45) is 0 Å². The predicted octanol–water partition coefficient (Wildman–Crippen LogP) is 1.13. The third-order valence-corrected chi connectivity index (χ3v) is 2.33. The fourth-order valence-corrected chi connectivity index (χ4v) is 1.49. The highest BCUT2D eigenvalue weighted by Crippen LogP contribution is 2.37. The van der Waals surface area contributed by atoms with E-state index in [1.807, 2.05) is 0 Å². The van der Waals surface area contributed by atoms with E-state index in [9.17, 15) is 20.2 Å². The van der Waals surface area contributed by atoms with Crippen molar-refractivity contribution in [2.45, 2.75) is 6.92 Å². The van der Waals surface area contributed by atoms with Gasteiger partial charge < -0.3 is 0 Å². The second-order valence-electron chi connectivity index (χ2n) is 3.50. The van der Waals surface area contributed by atoms with Crippen LogP contribution in [0.5, 0.6) is 0 Å². The van der Waals surface area contributed by atoms with E-state index < -0.39 is 21.4 Å². The predicted molar refractivity (Wildman–Crippen MR) is 60.3 cm³/mol. The fourth-order valence-electron chi connectivity index (χ4n) is 1.49. The summed E-state index contributed by atoms with van der Waals surface area (Å²) in [6.07, 6.45) is 1.12. The molecule has 20 heavy (non-hydrogen) atoms. The lowest BCUT2D eigenvalue weighted by Gasteiger charge is -1.99. The van der Waals surface area contributed by atoms with Gasteiger partial charge in [0.05, 0.1) is 16.2 Å². The summed E-state index contributed by atoms with van der Waals surface area (Å²) < 4.78 is 4.37. The molecule has 0 aliphatic heterocycles. The van der Waals surface area contributed by atoms with Gasteiger partial charge in [-0.25, -0.2) is 9.97 Å². The average molecular weight is 276 g/mol. The molecule has 2 heterocycles. The van der Waals surface area contributed by atoms with Crippen LogP contribution in [0.2, 0.25) is 0 Å². The van der Waals surface area contributed by atoms with E-state index in [1.165, 1.54) is 6.92 Å². The third kappa shape index (κ3) is 2.01. The van der Waals surface area contributed by atoms with Crippen molar-refractivity contribution in [3.63, 3.8) is 0 Å². The highest BCUT2D eigenvalue weighted by atomic mass is 16.7. The number of hydrogen-bond acceptors (Lipinski definition) is 9. The molecule has 0 amide bonds. The van der Waals surface area contributed by atoms with Gasteiger partial charge in [0.25, 0.3) is 0 Å². The molecular formula is C9H4N6O5. The first kappa shape index (κ1) is 13.0. The summed E-state index contributed by atoms with van der Waals surface area (Å²) in [5, 5.41) is 33.5. The van der Waals surface area contributed by atoms with Crippen LogP contribution in [-0.4, -0.2) is 25.0 Å². The molecule has 0 aromatic carbocycles. The molecule has 0 saturated carbocycles. The van der Waals surface area contributed by atoms with E-state index in [1.54, 1.807) is 6.07 Å². The first-order valence-corrected chi connectivity index (χ1v) is 4.98. The Balaban J connectivity index is 2.68. The van der Waals surface area contributed by atoms with Gasteiger partial charge in [-0.3, -0.25) is 24.8 Å². The Bertz CT molecular complexity index is 761. The van der Waals surface area contributed by atoms with Crippen molar-refractivity contribution >= 4 is 11.6 Å². The van der Waals surface area contributed by atoms with Crippen LogP contribution >= 0.6 is 0 Å². The first-order valence-electron chi connectivity index (χ1n) is 4.98. The normalized spacial score (nSPS) is 10.0. The molecule has 11 heteroatoms. The van der Waals surface area contributed by atoms with E-state index >= 15 is 0 Å². The highest BCUT2D eigenvalue weighted by molar-refractivity contribution is 5.74. The molecule has 100 valence electrons. The molecule has 11 nitrogen and oxygen atoms in total. The van der Waals surface area contributed by atoms with E-state index in [4.69, 9.17) is 5.26 Å². The SMILES string of the molecule is Cc1nc(C#N)ncc1-c1noc([N+](=O)[O-])c1[N+](=O)[O-]. The minimum absolute atomic E-state index is 0.0764. The van der Waals surface area contributed by atoms with Gasteiger partial charge in [-0.15, -0.1) is 0 Å². The molecular weight excluding hydrogens is 272 g/mol. The van der Waals surface area contributed by atoms with Crippen LogP contribution in [0.25, 0.3) is 11.3 Å². The van der Waals surface area contributed by atoms with Crippen LogP contribution in [0.4, 0.5) is 11.6 Å². The molecule has 0 fully saturated rings. The van der Waals surface area contributed by atoms with Crippen molar-refractivity contribution in [3.05, 3.63) is 37.9 Å². The van der Waals surface area contributed by atoms with Gasteiger partial charge in [0.15, 0.2) is 0 Å². The Kier molecular flexibility index (Phi) is 3.05. The van der Waals surface area contributed by atoms with Gasteiger partial charge in [0, 0.05) is 6.20 Å². The molecule has 0 atom stereocenters. The summed E-state index contributed by atoms with van der Waals surface area (Å²) in [6, 6.07) is 1.70. The van der Waals surface area contributed by atoms with Crippen molar-refractivity contribution in [1.82, 2.24) is 15.1 Å². The van der Waals surface area contributed by atoms with Gasteiger partial charge in [-0.2, -0.15) is 5.26 Å². The molecule has 0 aliphatic rings. The maximum Gasteiger partial charge on any atom is 0.535 e. The standard InChI is InChI=1S/C9H4N6O5/c1-4-5(3-11-6(2-10)12-4)7-8(14(16)17)9(15(18)19)20-13-7/h3H,1H3. The largest absolute Gasteiger partial charge is 0.535 e. The summed E-state index contributed by atoms with van der Waals surface area (Å²) in [6.45, 7) is 1.46. The minimum atomic E-state index is -1.08. The number of nitriles is 1. The molecule has 2 aromatic rings. The number of nitro groups is 2. The minimum Gasteiger partial charge on any atom is -0.283 e. The van der Waals surface area contributed by atoms with Gasteiger partial charge in [-0.1, -0.05) is 5.16 Å². The first-order chi connectivity index (χ1) is 9.45. The zero-order chi connectivity index (χ0) is 14.9. The van der Waals surface area contributed by atoms with Crippen molar-refractivity contribution < 1.29 is 14.4 Å². The average Bonchev–Trinajstić information content (AvgIpc) is 2.83. The number of hydrogen-bond donors (Lipinski definition) is 0. The third-order valence-electron chi connectivity index (χ3n) is 2.33. The monoisotopic (exact) mass is 276 g/mol. The van der Waals surface area contributed by atoms with Gasteiger partial charge in [-0.05, 0) is 6.92 Å². The number of aryl methyl sites for hydroxylation is 1. The second-order valence-corrected chi connectivity index (χ2v) is 3.50. The number of rotatable bonds is 3.